The number of carbonyl (C=O) groups is 1. The Kier molecular flexibility index (Phi) is 5.95. The lowest BCUT2D eigenvalue weighted by Crippen LogP contribution is -2.11. The molecule has 1 heterocycles. The van der Waals surface area contributed by atoms with Gasteiger partial charge >= 0.3 is 0 Å². The Labute approximate surface area is 183 Å². The van der Waals surface area contributed by atoms with Gasteiger partial charge in [0.1, 0.15) is 17.3 Å². The molecule has 1 aromatic heterocycles. The van der Waals surface area contributed by atoms with Crippen LogP contribution >= 0.6 is 11.3 Å². The van der Waals surface area contributed by atoms with E-state index in [-0.39, 0.29) is 5.56 Å². The Morgan fingerprint density at radius 1 is 0.903 bits per heavy atom. The van der Waals surface area contributed by atoms with Crippen LogP contribution in [0, 0.1) is 5.82 Å². The molecule has 0 bridgehead atoms. The van der Waals surface area contributed by atoms with Crippen LogP contribution < -0.4 is 14.8 Å². The van der Waals surface area contributed by atoms with Crippen LogP contribution in [0.5, 0.6) is 11.5 Å². The highest BCUT2D eigenvalue weighted by atomic mass is 32.1. The first-order valence-corrected chi connectivity index (χ1v) is 10.3. The molecule has 3 aromatic carbocycles. The van der Waals surface area contributed by atoms with E-state index in [1.165, 1.54) is 29.5 Å². The molecule has 4 rings (SSSR count). The van der Waals surface area contributed by atoms with Gasteiger partial charge in [-0.25, -0.2) is 9.37 Å². The summed E-state index contributed by atoms with van der Waals surface area (Å²) in [6.45, 7) is 0. The summed E-state index contributed by atoms with van der Waals surface area (Å²) in [5.74, 6) is 0.601. The minimum absolute atomic E-state index is 0.229. The van der Waals surface area contributed by atoms with Crippen molar-refractivity contribution in [3.63, 3.8) is 0 Å². The molecule has 0 aliphatic heterocycles. The van der Waals surface area contributed by atoms with Crippen molar-refractivity contribution in [2.45, 2.75) is 0 Å². The smallest absolute Gasteiger partial charge is 0.257 e. The highest BCUT2D eigenvalue weighted by molar-refractivity contribution is 7.19. The lowest BCUT2D eigenvalue weighted by molar-refractivity contribution is 0.102. The van der Waals surface area contributed by atoms with Crippen LogP contribution in [-0.2, 0) is 0 Å². The largest absolute Gasteiger partial charge is 0.497 e. The zero-order valence-electron chi connectivity index (χ0n) is 16.9. The van der Waals surface area contributed by atoms with Crippen LogP contribution in [0.1, 0.15) is 10.4 Å². The second-order valence-corrected chi connectivity index (χ2v) is 7.62. The molecular weight excluding hydrogens is 415 g/mol. The van der Waals surface area contributed by atoms with Crippen LogP contribution in [0.15, 0.2) is 72.8 Å². The monoisotopic (exact) mass is 434 g/mol. The van der Waals surface area contributed by atoms with Gasteiger partial charge in [-0.1, -0.05) is 17.4 Å². The van der Waals surface area contributed by atoms with E-state index < -0.39 is 11.7 Å². The predicted molar refractivity (Wildman–Crippen MR) is 120 cm³/mol. The molecule has 5 nitrogen and oxygen atoms in total. The first kappa shape index (κ1) is 20.6. The van der Waals surface area contributed by atoms with Crippen LogP contribution in [0.3, 0.4) is 0 Å². The van der Waals surface area contributed by atoms with Crippen molar-refractivity contribution in [2.75, 3.05) is 19.5 Å². The third kappa shape index (κ3) is 4.57. The van der Waals surface area contributed by atoms with Gasteiger partial charge in [0.25, 0.3) is 5.91 Å². The summed E-state index contributed by atoms with van der Waals surface area (Å²) >= 11 is 1.35. The molecule has 0 saturated heterocycles. The molecule has 7 heteroatoms. The quantitative estimate of drug-likeness (QED) is 0.411. The molecule has 0 aliphatic rings. The van der Waals surface area contributed by atoms with Gasteiger partial charge in [-0.15, -0.1) is 0 Å². The third-order valence-corrected chi connectivity index (χ3v) is 5.67. The maximum absolute atomic E-state index is 13.5. The van der Waals surface area contributed by atoms with Gasteiger partial charge in [-0.2, -0.15) is 0 Å². The van der Waals surface area contributed by atoms with Crippen LogP contribution in [0.25, 0.3) is 21.7 Å². The fraction of sp³-hybridized carbons (Fsp3) is 0.0833. The van der Waals surface area contributed by atoms with E-state index in [9.17, 15) is 9.18 Å². The number of halogens is 1. The molecule has 0 radical (unpaired) electrons. The standard InChI is InChI=1S/C24H19FN2O3S/c1-29-19-10-6-15(7-11-19)21-22(16-8-12-20(30-2)13-9-16)31-24(26-21)27-23(28)17-4-3-5-18(25)14-17/h3-14H,1-2H3,(H,26,27,28). The molecule has 0 atom stereocenters. The Hall–Kier alpha value is -3.71. The fourth-order valence-electron chi connectivity index (χ4n) is 3.06. The minimum Gasteiger partial charge on any atom is -0.497 e. The average Bonchev–Trinajstić information content (AvgIpc) is 3.23. The van der Waals surface area contributed by atoms with E-state index in [4.69, 9.17) is 9.47 Å². The topological polar surface area (TPSA) is 60.5 Å². The number of hydrogen-bond acceptors (Lipinski definition) is 5. The van der Waals surface area contributed by atoms with E-state index in [0.29, 0.717) is 5.13 Å². The average molecular weight is 434 g/mol. The Morgan fingerprint density at radius 3 is 2.10 bits per heavy atom. The van der Waals surface area contributed by atoms with Gasteiger partial charge in [0.05, 0.1) is 24.8 Å². The summed E-state index contributed by atoms with van der Waals surface area (Å²) in [6.07, 6.45) is 0. The van der Waals surface area contributed by atoms with Gasteiger partial charge in [0.15, 0.2) is 5.13 Å². The van der Waals surface area contributed by atoms with Crippen molar-refractivity contribution >= 4 is 22.4 Å². The lowest BCUT2D eigenvalue weighted by Gasteiger charge is -2.05. The van der Waals surface area contributed by atoms with E-state index in [1.807, 2.05) is 48.5 Å². The summed E-state index contributed by atoms with van der Waals surface area (Å²) in [4.78, 5) is 18.1. The number of carbonyl (C=O) groups excluding carboxylic acids is 1. The predicted octanol–water partition coefficient (Wildman–Crippen LogP) is 5.89. The molecule has 4 aromatic rings. The van der Waals surface area contributed by atoms with Gasteiger partial charge in [0, 0.05) is 11.1 Å². The number of hydrogen-bond donors (Lipinski definition) is 1. The van der Waals surface area contributed by atoms with E-state index >= 15 is 0 Å². The number of aromatic nitrogens is 1. The zero-order chi connectivity index (χ0) is 21.8. The molecule has 0 saturated carbocycles. The van der Waals surface area contributed by atoms with Crippen molar-refractivity contribution in [1.82, 2.24) is 4.98 Å². The number of methoxy groups -OCH3 is 2. The molecular formula is C24H19FN2O3S. The van der Waals surface area contributed by atoms with Crippen molar-refractivity contribution < 1.29 is 18.7 Å². The van der Waals surface area contributed by atoms with E-state index in [0.717, 1.165) is 33.2 Å². The molecule has 0 unspecified atom stereocenters. The highest BCUT2D eigenvalue weighted by Crippen LogP contribution is 2.40. The second kappa shape index (κ2) is 8.97. The lowest BCUT2D eigenvalue weighted by atomic mass is 10.1. The SMILES string of the molecule is COc1ccc(-c2nc(NC(=O)c3cccc(F)c3)sc2-c2ccc(OC)cc2)cc1. The summed E-state index contributed by atoms with van der Waals surface area (Å²) in [5, 5.41) is 3.21. The normalized spacial score (nSPS) is 10.5. The first-order valence-electron chi connectivity index (χ1n) is 9.44. The second-order valence-electron chi connectivity index (χ2n) is 6.62. The maximum atomic E-state index is 13.5. The van der Waals surface area contributed by atoms with Crippen molar-refractivity contribution in [3.05, 3.63) is 84.2 Å². The summed E-state index contributed by atoms with van der Waals surface area (Å²) < 4.78 is 24.0. The zero-order valence-corrected chi connectivity index (χ0v) is 17.7. The highest BCUT2D eigenvalue weighted by Gasteiger charge is 2.17. The molecule has 1 amide bonds. The summed E-state index contributed by atoms with van der Waals surface area (Å²) in [7, 11) is 3.23. The number of anilines is 1. The Balaban J connectivity index is 1.72. The maximum Gasteiger partial charge on any atom is 0.257 e. The molecule has 0 fully saturated rings. The number of amides is 1. The third-order valence-electron chi connectivity index (χ3n) is 4.65. The summed E-state index contributed by atoms with van der Waals surface area (Å²) in [6, 6.07) is 20.7. The number of nitrogens with one attached hydrogen (secondary N) is 1. The summed E-state index contributed by atoms with van der Waals surface area (Å²) in [5.41, 5.74) is 2.78. The van der Waals surface area contributed by atoms with Crippen molar-refractivity contribution in [2.24, 2.45) is 0 Å². The Bertz CT molecular complexity index is 1140. The molecule has 31 heavy (non-hydrogen) atoms. The number of benzene rings is 3. The number of thiazole rings is 1. The first-order chi connectivity index (χ1) is 15.1. The van der Waals surface area contributed by atoms with Crippen LogP contribution in [0.2, 0.25) is 0 Å². The van der Waals surface area contributed by atoms with Gasteiger partial charge in [-0.05, 0) is 72.3 Å². The molecule has 0 aliphatic carbocycles. The van der Waals surface area contributed by atoms with Crippen LogP contribution in [-0.4, -0.2) is 25.1 Å². The molecule has 1 N–H and O–H groups in total. The van der Waals surface area contributed by atoms with E-state index in [2.05, 4.69) is 10.3 Å². The van der Waals surface area contributed by atoms with E-state index in [1.54, 1.807) is 20.3 Å². The fourth-order valence-corrected chi connectivity index (χ4v) is 4.04. The number of rotatable bonds is 6. The van der Waals surface area contributed by atoms with Crippen LogP contribution in [0.4, 0.5) is 9.52 Å². The van der Waals surface area contributed by atoms with Gasteiger partial charge in [-0.3, -0.25) is 10.1 Å². The van der Waals surface area contributed by atoms with Crippen molar-refractivity contribution in [1.29, 1.82) is 0 Å². The molecule has 0 spiro atoms. The van der Waals surface area contributed by atoms with Crippen molar-refractivity contribution in [3.8, 4) is 33.2 Å². The molecule has 156 valence electrons. The minimum atomic E-state index is -0.468. The van der Waals surface area contributed by atoms with Gasteiger partial charge in [0.2, 0.25) is 0 Å². The number of nitrogens with zero attached hydrogens (tertiary/aromatic N) is 1. The van der Waals surface area contributed by atoms with Gasteiger partial charge < -0.3 is 9.47 Å². The number of ether oxygens (including phenoxy) is 2. The Morgan fingerprint density at radius 2 is 1.52 bits per heavy atom.